The fourth-order valence-corrected chi connectivity index (χ4v) is 2.90. The Morgan fingerprint density at radius 1 is 1.23 bits per heavy atom. The second-order valence-electron chi connectivity index (χ2n) is 5.64. The molecule has 1 aliphatic rings. The Bertz CT molecular complexity index is 735. The Balaban J connectivity index is 1.93. The molecule has 4 heteroatoms. The second-order valence-corrected chi connectivity index (χ2v) is 5.64. The molecule has 0 radical (unpaired) electrons. The molecule has 0 atom stereocenters. The van der Waals surface area contributed by atoms with Crippen LogP contribution < -0.4 is 4.90 Å². The van der Waals surface area contributed by atoms with E-state index in [4.69, 9.17) is 0 Å². The van der Waals surface area contributed by atoms with Crippen LogP contribution in [0.4, 0.5) is 11.4 Å². The molecule has 0 fully saturated rings. The molecule has 0 unspecified atom stereocenters. The zero-order valence-corrected chi connectivity index (χ0v) is 12.6. The minimum Gasteiger partial charge on any atom is -0.341 e. The number of anilines is 1. The number of hydrogen-bond acceptors (Lipinski definition) is 3. The Morgan fingerprint density at radius 3 is 2.64 bits per heavy atom. The monoisotopic (exact) mass is 294 g/mol. The number of benzene rings is 2. The molecule has 22 heavy (non-hydrogen) atoms. The molecule has 4 nitrogen and oxygen atoms in total. The Labute approximate surface area is 129 Å². The van der Waals surface area contributed by atoms with Crippen molar-refractivity contribution >= 4 is 17.1 Å². The van der Waals surface area contributed by atoms with Crippen LogP contribution in [0.3, 0.4) is 0 Å². The van der Waals surface area contributed by atoms with Crippen molar-refractivity contribution in [2.45, 2.75) is 19.8 Å². The van der Waals surface area contributed by atoms with E-state index in [9.17, 15) is 10.1 Å². The number of rotatable bonds is 3. The molecule has 0 bridgehead atoms. The summed E-state index contributed by atoms with van der Waals surface area (Å²) in [5.41, 5.74) is 5.67. The van der Waals surface area contributed by atoms with Crippen LogP contribution in [-0.2, 0) is 6.42 Å². The number of hydrogen-bond donors (Lipinski definition) is 0. The van der Waals surface area contributed by atoms with E-state index < -0.39 is 0 Å². The molecule has 0 N–H and O–H groups in total. The number of nitro benzene ring substituents is 1. The van der Waals surface area contributed by atoms with Gasteiger partial charge in [-0.1, -0.05) is 18.7 Å². The molecule has 3 rings (SSSR count). The first-order valence-corrected chi connectivity index (χ1v) is 7.37. The number of fused-ring (bicyclic) bond motifs is 1. The minimum atomic E-state index is -0.383. The standard InChI is InChI=1S/C18H18N2O2/c1-13-5-6-16-4-3-11-19(18(16)12-13)14(2)15-7-9-17(10-8-15)20(21)22/h5-10,12H,2-4,11H2,1H3. The van der Waals surface area contributed by atoms with Crippen molar-refractivity contribution in [1.82, 2.24) is 0 Å². The predicted octanol–water partition coefficient (Wildman–Crippen LogP) is 4.33. The highest BCUT2D eigenvalue weighted by Gasteiger charge is 2.20. The zero-order chi connectivity index (χ0) is 15.7. The second kappa shape index (κ2) is 5.64. The predicted molar refractivity (Wildman–Crippen MR) is 89.0 cm³/mol. The summed E-state index contributed by atoms with van der Waals surface area (Å²) in [4.78, 5) is 12.6. The van der Waals surface area contributed by atoms with Gasteiger partial charge in [-0.3, -0.25) is 10.1 Å². The molecule has 2 aromatic carbocycles. The van der Waals surface area contributed by atoms with Crippen LogP contribution in [0.2, 0.25) is 0 Å². The van der Waals surface area contributed by atoms with Gasteiger partial charge in [0.15, 0.2) is 0 Å². The van der Waals surface area contributed by atoms with Crippen molar-refractivity contribution in [3.8, 4) is 0 Å². The van der Waals surface area contributed by atoms with Gasteiger partial charge >= 0.3 is 0 Å². The van der Waals surface area contributed by atoms with E-state index in [0.29, 0.717) is 0 Å². The first kappa shape index (κ1) is 14.3. The molecule has 112 valence electrons. The van der Waals surface area contributed by atoms with E-state index >= 15 is 0 Å². The minimum absolute atomic E-state index is 0.103. The van der Waals surface area contributed by atoms with Crippen LogP contribution in [0.15, 0.2) is 49.0 Å². The van der Waals surface area contributed by atoms with Crippen molar-refractivity contribution < 1.29 is 4.92 Å². The van der Waals surface area contributed by atoms with E-state index in [1.54, 1.807) is 12.1 Å². The lowest BCUT2D eigenvalue weighted by Gasteiger charge is -2.33. The average Bonchev–Trinajstić information content (AvgIpc) is 2.53. The summed E-state index contributed by atoms with van der Waals surface area (Å²) >= 11 is 0. The molecule has 0 saturated heterocycles. The Kier molecular flexibility index (Phi) is 3.67. The number of nitro groups is 1. The smallest absolute Gasteiger partial charge is 0.269 e. The molecule has 0 spiro atoms. The molecule has 0 saturated carbocycles. The van der Waals surface area contributed by atoms with E-state index in [2.05, 4.69) is 36.6 Å². The van der Waals surface area contributed by atoms with Crippen LogP contribution in [0.25, 0.3) is 5.70 Å². The van der Waals surface area contributed by atoms with E-state index in [-0.39, 0.29) is 10.6 Å². The van der Waals surface area contributed by atoms with Crippen LogP contribution in [0.1, 0.15) is 23.1 Å². The molecule has 0 aliphatic carbocycles. The van der Waals surface area contributed by atoms with Crippen molar-refractivity contribution in [3.05, 3.63) is 75.8 Å². The van der Waals surface area contributed by atoms with Crippen LogP contribution >= 0.6 is 0 Å². The fourth-order valence-electron chi connectivity index (χ4n) is 2.90. The Hall–Kier alpha value is -2.62. The number of nitrogens with zero attached hydrogens (tertiary/aromatic N) is 2. The van der Waals surface area contributed by atoms with Crippen molar-refractivity contribution in [2.24, 2.45) is 0 Å². The summed E-state index contributed by atoms with van der Waals surface area (Å²) in [6.07, 6.45) is 2.17. The van der Waals surface area contributed by atoms with E-state index in [0.717, 1.165) is 30.6 Å². The maximum Gasteiger partial charge on any atom is 0.269 e. The highest BCUT2D eigenvalue weighted by molar-refractivity contribution is 5.80. The van der Waals surface area contributed by atoms with E-state index in [1.807, 2.05) is 0 Å². The van der Waals surface area contributed by atoms with Crippen LogP contribution in [-0.4, -0.2) is 11.5 Å². The van der Waals surface area contributed by atoms with Gasteiger partial charge in [0.25, 0.3) is 5.69 Å². The van der Waals surface area contributed by atoms with Gasteiger partial charge in [0, 0.05) is 30.1 Å². The third-order valence-electron chi connectivity index (χ3n) is 4.10. The Morgan fingerprint density at radius 2 is 1.95 bits per heavy atom. The maximum atomic E-state index is 10.8. The lowest BCUT2D eigenvalue weighted by atomic mass is 9.98. The summed E-state index contributed by atoms with van der Waals surface area (Å²) in [6, 6.07) is 13.1. The molecule has 0 amide bonds. The SMILES string of the molecule is C=C(c1ccc([N+](=O)[O-])cc1)N1CCCc2ccc(C)cc21. The van der Waals surface area contributed by atoms with Crippen LogP contribution in [0, 0.1) is 17.0 Å². The summed E-state index contributed by atoms with van der Waals surface area (Å²) in [7, 11) is 0. The topological polar surface area (TPSA) is 46.4 Å². The molecule has 1 heterocycles. The van der Waals surface area contributed by atoms with Gasteiger partial charge in [0.05, 0.1) is 4.92 Å². The normalized spacial score (nSPS) is 13.6. The maximum absolute atomic E-state index is 10.8. The molecule has 2 aromatic rings. The van der Waals surface area contributed by atoms with Gasteiger partial charge in [-0.15, -0.1) is 0 Å². The van der Waals surface area contributed by atoms with Crippen molar-refractivity contribution in [3.63, 3.8) is 0 Å². The highest BCUT2D eigenvalue weighted by atomic mass is 16.6. The van der Waals surface area contributed by atoms with Gasteiger partial charge < -0.3 is 4.90 Å². The van der Waals surface area contributed by atoms with Crippen molar-refractivity contribution in [2.75, 3.05) is 11.4 Å². The third kappa shape index (κ3) is 2.60. The summed E-state index contributed by atoms with van der Waals surface area (Å²) in [6.45, 7) is 7.22. The fraction of sp³-hybridized carbons (Fsp3) is 0.222. The quantitative estimate of drug-likeness (QED) is 0.625. The summed E-state index contributed by atoms with van der Waals surface area (Å²) < 4.78 is 0. The van der Waals surface area contributed by atoms with Gasteiger partial charge in [0.1, 0.15) is 0 Å². The molecular formula is C18H18N2O2. The third-order valence-corrected chi connectivity index (χ3v) is 4.10. The number of non-ortho nitro benzene ring substituents is 1. The number of aryl methyl sites for hydroxylation is 2. The largest absolute Gasteiger partial charge is 0.341 e. The van der Waals surface area contributed by atoms with Gasteiger partial charge in [-0.2, -0.15) is 0 Å². The van der Waals surface area contributed by atoms with Crippen molar-refractivity contribution in [1.29, 1.82) is 0 Å². The average molecular weight is 294 g/mol. The highest BCUT2D eigenvalue weighted by Crippen LogP contribution is 2.34. The zero-order valence-electron chi connectivity index (χ0n) is 12.6. The van der Waals surface area contributed by atoms with Crippen LogP contribution in [0.5, 0.6) is 0 Å². The lowest BCUT2D eigenvalue weighted by Crippen LogP contribution is -2.27. The molecular weight excluding hydrogens is 276 g/mol. The van der Waals surface area contributed by atoms with E-state index in [1.165, 1.54) is 28.9 Å². The first-order valence-electron chi connectivity index (χ1n) is 7.37. The first-order chi connectivity index (χ1) is 10.6. The molecule has 1 aliphatic heterocycles. The summed E-state index contributed by atoms with van der Waals surface area (Å²) in [5.74, 6) is 0. The van der Waals surface area contributed by atoms with Gasteiger partial charge in [-0.25, -0.2) is 0 Å². The van der Waals surface area contributed by atoms with Gasteiger partial charge in [0.2, 0.25) is 0 Å². The lowest BCUT2D eigenvalue weighted by molar-refractivity contribution is -0.384. The summed E-state index contributed by atoms with van der Waals surface area (Å²) in [5, 5.41) is 10.8. The van der Waals surface area contributed by atoms with Gasteiger partial charge in [-0.05, 0) is 54.7 Å². The molecule has 0 aromatic heterocycles.